The number of hydrogen-bond donors (Lipinski definition) is 1. The molecule has 1 aromatic carbocycles. The molecule has 1 fully saturated rings. The third kappa shape index (κ3) is 3.50. The normalized spacial score (nSPS) is 22.1. The quantitative estimate of drug-likeness (QED) is 0.785. The molecule has 0 spiro atoms. The van der Waals surface area contributed by atoms with E-state index in [1.807, 2.05) is 13.0 Å². The molecule has 6 nitrogen and oxygen atoms in total. The van der Waals surface area contributed by atoms with Crippen molar-refractivity contribution in [2.75, 3.05) is 13.1 Å². The van der Waals surface area contributed by atoms with Crippen molar-refractivity contribution in [3.05, 3.63) is 47.2 Å². The van der Waals surface area contributed by atoms with Crippen molar-refractivity contribution in [2.24, 2.45) is 0 Å². The van der Waals surface area contributed by atoms with Crippen molar-refractivity contribution in [1.29, 1.82) is 0 Å². The average molecular weight is 391 g/mol. The van der Waals surface area contributed by atoms with Crippen LogP contribution in [0.3, 0.4) is 0 Å². The fraction of sp³-hybridized carbons (Fsp3) is 0.450. The fourth-order valence-corrected chi connectivity index (χ4v) is 3.67. The summed E-state index contributed by atoms with van der Waals surface area (Å²) in [6.45, 7) is 3.28. The summed E-state index contributed by atoms with van der Waals surface area (Å²) in [4.78, 5) is 40.5. The Labute approximate surface area is 162 Å². The van der Waals surface area contributed by atoms with Crippen LogP contribution in [0.4, 0.5) is 13.6 Å². The van der Waals surface area contributed by atoms with E-state index in [0.29, 0.717) is 6.54 Å². The first-order valence-electron chi connectivity index (χ1n) is 9.37. The van der Waals surface area contributed by atoms with Crippen LogP contribution in [0.1, 0.15) is 45.1 Å². The highest BCUT2D eigenvalue weighted by Gasteiger charge is 2.50. The smallest absolute Gasteiger partial charge is 0.319 e. The lowest BCUT2D eigenvalue weighted by molar-refractivity contribution is -0.138. The van der Waals surface area contributed by atoms with Crippen molar-refractivity contribution in [3.8, 4) is 0 Å². The SMILES string of the molecule is CCN(C(=O)CN1C(=O)NC(C)(c2ccc(F)c(F)c2)C1=O)C1=CCCCC1. The number of nitrogens with zero attached hydrogens (tertiary/aromatic N) is 2. The standard InChI is InChI=1S/C20H23F2N3O3/c1-3-24(14-7-5-4-6-8-14)17(26)12-25-18(27)20(2,23-19(25)28)13-9-10-15(21)16(22)11-13/h7,9-11H,3-6,8,12H2,1-2H3,(H,23,28). The number of halogens is 2. The van der Waals surface area contributed by atoms with E-state index in [-0.39, 0.29) is 11.5 Å². The van der Waals surface area contributed by atoms with Gasteiger partial charge in [0.15, 0.2) is 11.6 Å². The van der Waals surface area contributed by atoms with Gasteiger partial charge in [-0.05, 0) is 57.2 Å². The van der Waals surface area contributed by atoms with Crippen LogP contribution in [0.25, 0.3) is 0 Å². The molecule has 1 aliphatic carbocycles. The number of imide groups is 1. The third-order valence-corrected chi connectivity index (χ3v) is 5.30. The van der Waals surface area contributed by atoms with Crippen molar-refractivity contribution in [1.82, 2.24) is 15.1 Å². The molecule has 0 saturated carbocycles. The zero-order valence-electron chi connectivity index (χ0n) is 15.9. The van der Waals surface area contributed by atoms with Gasteiger partial charge in [0.05, 0.1) is 0 Å². The number of amides is 4. The maximum absolute atomic E-state index is 13.6. The lowest BCUT2D eigenvalue weighted by Gasteiger charge is -2.28. The van der Waals surface area contributed by atoms with Gasteiger partial charge in [0.1, 0.15) is 12.1 Å². The summed E-state index contributed by atoms with van der Waals surface area (Å²) in [5.41, 5.74) is -0.538. The van der Waals surface area contributed by atoms with Crippen LogP contribution >= 0.6 is 0 Å². The Morgan fingerprint density at radius 2 is 2.00 bits per heavy atom. The van der Waals surface area contributed by atoms with Gasteiger partial charge < -0.3 is 10.2 Å². The maximum atomic E-state index is 13.6. The number of carbonyl (C=O) groups excluding carboxylic acids is 3. The van der Waals surface area contributed by atoms with E-state index in [1.165, 1.54) is 13.0 Å². The van der Waals surface area contributed by atoms with Crippen molar-refractivity contribution >= 4 is 17.8 Å². The Hall–Kier alpha value is -2.77. The van der Waals surface area contributed by atoms with Crippen molar-refractivity contribution in [2.45, 2.75) is 45.1 Å². The molecular formula is C20H23F2N3O3. The summed E-state index contributed by atoms with van der Waals surface area (Å²) in [5.74, 6) is -3.19. The Morgan fingerprint density at radius 3 is 2.61 bits per heavy atom. The van der Waals surface area contributed by atoms with Crippen LogP contribution in [0, 0.1) is 11.6 Å². The van der Waals surface area contributed by atoms with E-state index in [1.54, 1.807) is 4.90 Å². The zero-order valence-corrected chi connectivity index (χ0v) is 15.9. The van der Waals surface area contributed by atoms with Gasteiger partial charge in [-0.15, -0.1) is 0 Å². The first-order valence-corrected chi connectivity index (χ1v) is 9.37. The fourth-order valence-electron chi connectivity index (χ4n) is 3.67. The number of likely N-dealkylation sites (N-methyl/N-ethyl adjacent to an activating group) is 1. The average Bonchev–Trinajstić information content (AvgIpc) is 2.89. The first-order chi connectivity index (χ1) is 13.3. The molecule has 4 amide bonds. The molecule has 3 rings (SSSR count). The van der Waals surface area contributed by atoms with E-state index in [9.17, 15) is 23.2 Å². The van der Waals surface area contributed by atoms with Gasteiger partial charge >= 0.3 is 6.03 Å². The van der Waals surface area contributed by atoms with Crippen LogP contribution in [0.2, 0.25) is 0 Å². The number of carbonyl (C=O) groups is 3. The first kappa shape index (κ1) is 20.0. The van der Waals surface area contributed by atoms with Gasteiger partial charge in [-0.1, -0.05) is 12.1 Å². The second-order valence-electron chi connectivity index (χ2n) is 7.15. The summed E-state index contributed by atoms with van der Waals surface area (Å²) in [6, 6.07) is 2.29. The molecule has 28 heavy (non-hydrogen) atoms. The molecule has 2 aliphatic rings. The van der Waals surface area contributed by atoms with Gasteiger partial charge in [-0.3, -0.25) is 14.5 Å². The predicted octanol–water partition coefficient (Wildman–Crippen LogP) is 3.04. The summed E-state index contributed by atoms with van der Waals surface area (Å²) in [5, 5.41) is 2.50. The number of hydrogen-bond acceptors (Lipinski definition) is 3. The largest absolute Gasteiger partial charge is 0.325 e. The van der Waals surface area contributed by atoms with Crippen LogP contribution in [-0.2, 0) is 15.1 Å². The van der Waals surface area contributed by atoms with Gasteiger partial charge in [0.2, 0.25) is 5.91 Å². The lowest BCUT2D eigenvalue weighted by Crippen LogP contribution is -2.44. The molecule has 1 atom stereocenters. The summed E-state index contributed by atoms with van der Waals surface area (Å²) >= 11 is 0. The minimum atomic E-state index is -1.56. The molecule has 1 unspecified atom stereocenters. The number of allylic oxidation sites excluding steroid dienone is 2. The molecule has 0 bridgehead atoms. The summed E-state index contributed by atoms with van der Waals surface area (Å²) in [7, 11) is 0. The van der Waals surface area contributed by atoms with Gasteiger partial charge in [-0.25, -0.2) is 13.6 Å². The van der Waals surface area contributed by atoms with Crippen molar-refractivity contribution < 1.29 is 23.2 Å². The van der Waals surface area contributed by atoms with E-state index < -0.39 is 35.7 Å². The molecule has 1 N–H and O–H groups in total. The van der Waals surface area contributed by atoms with E-state index >= 15 is 0 Å². The van der Waals surface area contributed by atoms with Crippen LogP contribution in [-0.4, -0.2) is 40.7 Å². The highest BCUT2D eigenvalue weighted by molar-refractivity contribution is 6.09. The monoisotopic (exact) mass is 391 g/mol. The summed E-state index contributed by atoms with van der Waals surface area (Å²) in [6.07, 6.45) is 5.77. The minimum Gasteiger partial charge on any atom is -0.319 e. The number of urea groups is 1. The summed E-state index contributed by atoms with van der Waals surface area (Å²) < 4.78 is 26.8. The minimum absolute atomic E-state index is 0.113. The Bertz CT molecular complexity index is 855. The Balaban J connectivity index is 1.80. The van der Waals surface area contributed by atoms with E-state index in [4.69, 9.17) is 0 Å². The van der Waals surface area contributed by atoms with Gasteiger partial charge in [0.25, 0.3) is 5.91 Å². The van der Waals surface area contributed by atoms with E-state index in [0.717, 1.165) is 48.4 Å². The number of nitrogens with one attached hydrogen (secondary N) is 1. The zero-order chi connectivity index (χ0) is 20.5. The van der Waals surface area contributed by atoms with Gasteiger partial charge in [0, 0.05) is 12.2 Å². The Kier molecular flexibility index (Phi) is 5.49. The highest BCUT2D eigenvalue weighted by Crippen LogP contribution is 2.30. The second kappa shape index (κ2) is 7.69. The van der Waals surface area contributed by atoms with Crippen LogP contribution in [0.15, 0.2) is 30.0 Å². The third-order valence-electron chi connectivity index (χ3n) is 5.30. The molecule has 1 aromatic rings. The van der Waals surface area contributed by atoms with Crippen molar-refractivity contribution in [3.63, 3.8) is 0 Å². The van der Waals surface area contributed by atoms with Gasteiger partial charge in [-0.2, -0.15) is 0 Å². The lowest BCUT2D eigenvalue weighted by atomic mass is 9.92. The second-order valence-corrected chi connectivity index (χ2v) is 7.15. The topological polar surface area (TPSA) is 69.7 Å². The molecule has 0 radical (unpaired) electrons. The Morgan fingerprint density at radius 1 is 1.25 bits per heavy atom. The molecule has 0 aromatic heterocycles. The number of benzene rings is 1. The predicted molar refractivity (Wildman–Crippen MR) is 97.9 cm³/mol. The highest BCUT2D eigenvalue weighted by atomic mass is 19.2. The van der Waals surface area contributed by atoms with Crippen LogP contribution < -0.4 is 5.32 Å². The number of rotatable bonds is 5. The maximum Gasteiger partial charge on any atom is 0.325 e. The molecular weight excluding hydrogens is 368 g/mol. The molecule has 150 valence electrons. The molecule has 8 heteroatoms. The molecule has 1 heterocycles. The van der Waals surface area contributed by atoms with Crippen LogP contribution in [0.5, 0.6) is 0 Å². The van der Waals surface area contributed by atoms with E-state index in [2.05, 4.69) is 5.32 Å². The molecule has 1 saturated heterocycles. The molecule has 1 aliphatic heterocycles.